The third-order valence-corrected chi connectivity index (χ3v) is 3.49. The van der Waals surface area contributed by atoms with Gasteiger partial charge < -0.3 is 16.0 Å². The van der Waals surface area contributed by atoms with Crippen LogP contribution in [0, 0.1) is 5.82 Å². The van der Waals surface area contributed by atoms with Crippen molar-refractivity contribution in [2.45, 2.75) is 32.4 Å². The van der Waals surface area contributed by atoms with Crippen molar-refractivity contribution in [1.82, 2.24) is 15.6 Å². The highest BCUT2D eigenvalue weighted by atomic mass is 19.1. The molecule has 2 rings (SSSR count). The fourth-order valence-electron chi connectivity index (χ4n) is 2.22. The van der Waals surface area contributed by atoms with Crippen LogP contribution in [-0.2, 0) is 11.3 Å². The van der Waals surface area contributed by atoms with E-state index in [9.17, 15) is 14.0 Å². The van der Waals surface area contributed by atoms with Gasteiger partial charge in [0.05, 0.1) is 11.9 Å². The van der Waals surface area contributed by atoms with E-state index in [0.717, 1.165) is 12.0 Å². The van der Waals surface area contributed by atoms with Gasteiger partial charge in [-0.1, -0.05) is 25.5 Å². The fraction of sp³-hybridized carbons (Fsp3) is 0.278. The number of aromatic nitrogens is 1. The molecule has 0 aliphatic rings. The van der Waals surface area contributed by atoms with Crippen LogP contribution in [-0.4, -0.2) is 23.0 Å². The molecular weight excluding hydrogens is 323 g/mol. The number of benzene rings is 1. The van der Waals surface area contributed by atoms with Crippen LogP contribution in [0.2, 0.25) is 0 Å². The molecule has 0 bridgehead atoms. The molecule has 25 heavy (non-hydrogen) atoms. The lowest BCUT2D eigenvalue weighted by Gasteiger charge is -2.18. The molecule has 0 saturated heterocycles. The molecule has 132 valence electrons. The summed E-state index contributed by atoms with van der Waals surface area (Å²) < 4.78 is 12.9. The molecule has 0 radical (unpaired) electrons. The Hall–Kier alpha value is -2.96. The van der Waals surface area contributed by atoms with Gasteiger partial charge in [0.1, 0.15) is 11.9 Å². The minimum atomic E-state index is -0.654. The number of halogens is 1. The van der Waals surface area contributed by atoms with Crippen LogP contribution in [0.25, 0.3) is 0 Å². The van der Waals surface area contributed by atoms with Gasteiger partial charge in [0, 0.05) is 12.7 Å². The van der Waals surface area contributed by atoms with Crippen molar-refractivity contribution in [2.24, 2.45) is 0 Å². The molecule has 1 atom stereocenters. The van der Waals surface area contributed by atoms with Crippen molar-refractivity contribution in [3.63, 3.8) is 0 Å². The number of pyridine rings is 1. The molecule has 0 fully saturated rings. The number of amides is 3. The zero-order chi connectivity index (χ0) is 18.1. The van der Waals surface area contributed by atoms with Crippen molar-refractivity contribution in [3.8, 4) is 0 Å². The molecule has 0 saturated carbocycles. The van der Waals surface area contributed by atoms with Gasteiger partial charge in [0.25, 0.3) is 0 Å². The zero-order valence-corrected chi connectivity index (χ0v) is 14.0. The number of nitrogens with zero attached hydrogens (tertiary/aromatic N) is 1. The van der Waals surface area contributed by atoms with Gasteiger partial charge in [-0.25, -0.2) is 9.18 Å². The van der Waals surface area contributed by atoms with Gasteiger partial charge in [-0.2, -0.15) is 0 Å². The monoisotopic (exact) mass is 344 g/mol. The van der Waals surface area contributed by atoms with Gasteiger partial charge in [-0.15, -0.1) is 0 Å². The van der Waals surface area contributed by atoms with Crippen LogP contribution in [0.1, 0.15) is 25.3 Å². The Morgan fingerprint density at radius 3 is 2.60 bits per heavy atom. The first-order valence-electron chi connectivity index (χ1n) is 8.08. The Labute approximate surface area is 145 Å². The van der Waals surface area contributed by atoms with E-state index in [1.807, 2.05) is 6.92 Å². The molecule has 0 spiro atoms. The van der Waals surface area contributed by atoms with Crippen LogP contribution in [0.3, 0.4) is 0 Å². The first-order valence-corrected chi connectivity index (χ1v) is 8.08. The molecular formula is C18H21FN4O2. The molecule has 1 aromatic heterocycles. The number of hydrogen-bond acceptors (Lipinski definition) is 3. The van der Waals surface area contributed by atoms with E-state index >= 15 is 0 Å². The average Bonchev–Trinajstić information content (AvgIpc) is 2.62. The van der Waals surface area contributed by atoms with Crippen molar-refractivity contribution in [2.75, 3.05) is 5.32 Å². The normalized spacial score (nSPS) is 11.4. The van der Waals surface area contributed by atoms with E-state index in [1.165, 1.54) is 18.3 Å². The summed E-state index contributed by atoms with van der Waals surface area (Å²) >= 11 is 0. The zero-order valence-electron chi connectivity index (χ0n) is 14.0. The minimum Gasteiger partial charge on any atom is -0.334 e. The van der Waals surface area contributed by atoms with E-state index in [2.05, 4.69) is 20.9 Å². The Kier molecular flexibility index (Phi) is 6.88. The van der Waals surface area contributed by atoms with Gasteiger partial charge >= 0.3 is 6.03 Å². The largest absolute Gasteiger partial charge is 0.334 e. The van der Waals surface area contributed by atoms with Gasteiger partial charge in [0.2, 0.25) is 5.91 Å². The van der Waals surface area contributed by atoms with Crippen LogP contribution < -0.4 is 16.0 Å². The second-order valence-electron chi connectivity index (χ2n) is 5.53. The lowest BCUT2D eigenvalue weighted by molar-refractivity contribution is -0.118. The van der Waals surface area contributed by atoms with Crippen molar-refractivity contribution in [3.05, 3.63) is 60.2 Å². The molecule has 6 nitrogen and oxygen atoms in total. The van der Waals surface area contributed by atoms with Gasteiger partial charge in [-0.05, 0) is 36.2 Å². The third-order valence-electron chi connectivity index (χ3n) is 3.49. The second kappa shape index (κ2) is 9.36. The molecule has 0 unspecified atom stereocenters. The SMILES string of the molecule is CCC[C@H](NC(=O)NCc1ccc(F)cc1)C(=O)Nc1cccnc1. The molecule has 3 N–H and O–H groups in total. The third kappa shape index (κ3) is 6.21. The topological polar surface area (TPSA) is 83.1 Å². The lowest BCUT2D eigenvalue weighted by Crippen LogP contribution is -2.47. The highest BCUT2D eigenvalue weighted by Gasteiger charge is 2.20. The smallest absolute Gasteiger partial charge is 0.315 e. The molecule has 1 heterocycles. The Morgan fingerprint density at radius 1 is 1.20 bits per heavy atom. The summed E-state index contributed by atoms with van der Waals surface area (Å²) in [5.41, 5.74) is 1.34. The van der Waals surface area contributed by atoms with Gasteiger partial charge in [0.15, 0.2) is 0 Å². The number of rotatable bonds is 7. The summed E-state index contributed by atoms with van der Waals surface area (Å²) in [5.74, 6) is -0.630. The quantitative estimate of drug-likeness (QED) is 0.722. The second-order valence-corrected chi connectivity index (χ2v) is 5.53. The van der Waals surface area contributed by atoms with Crippen LogP contribution in [0.4, 0.5) is 14.9 Å². The highest BCUT2D eigenvalue weighted by Crippen LogP contribution is 2.06. The standard InChI is InChI=1S/C18H21FN4O2/c1-2-4-16(17(24)22-15-5-3-10-20-12-15)23-18(25)21-11-13-6-8-14(19)9-7-13/h3,5-10,12,16H,2,4,11H2,1H3,(H,22,24)(H2,21,23,25)/t16-/m0/s1. The number of anilines is 1. The van der Waals surface area contributed by atoms with Crippen molar-refractivity contribution < 1.29 is 14.0 Å². The van der Waals surface area contributed by atoms with Crippen LogP contribution in [0.5, 0.6) is 0 Å². The van der Waals surface area contributed by atoms with E-state index in [-0.39, 0.29) is 18.3 Å². The van der Waals surface area contributed by atoms with E-state index in [1.54, 1.807) is 30.5 Å². The van der Waals surface area contributed by atoms with Crippen LogP contribution in [0.15, 0.2) is 48.8 Å². The Bertz CT molecular complexity index is 692. The Balaban J connectivity index is 1.87. The van der Waals surface area contributed by atoms with E-state index < -0.39 is 12.1 Å². The summed E-state index contributed by atoms with van der Waals surface area (Å²) in [6, 6.07) is 8.17. The summed E-state index contributed by atoms with van der Waals surface area (Å²) in [6.45, 7) is 2.18. The number of urea groups is 1. The Morgan fingerprint density at radius 2 is 1.96 bits per heavy atom. The number of carbonyl (C=O) groups is 2. The van der Waals surface area contributed by atoms with Crippen molar-refractivity contribution in [1.29, 1.82) is 0 Å². The maximum Gasteiger partial charge on any atom is 0.315 e. The molecule has 7 heteroatoms. The molecule has 0 aliphatic heterocycles. The predicted molar refractivity (Wildman–Crippen MR) is 93.3 cm³/mol. The summed E-state index contributed by atoms with van der Waals surface area (Å²) in [5, 5.41) is 8.05. The molecule has 0 aliphatic carbocycles. The first-order chi connectivity index (χ1) is 12.1. The minimum absolute atomic E-state index is 0.245. The van der Waals surface area contributed by atoms with Gasteiger partial charge in [-0.3, -0.25) is 9.78 Å². The van der Waals surface area contributed by atoms with Crippen LogP contribution >= 0.6 is 0 Å². The number of carbonyl (C=O) groups excluding carboxylic acids is 2. The summed E-state index contributed by atoms with van der Waals surface area (Å²) in [4.78, 5) is 28.3. The predicted octanol–water partition coefficient (Wildman–Crippen LogP) is 2.83. The van der Waals surface area contributed by atoms with E-state index in [4.69, 9.17) is 0 Å². The fourth-order valence-corrected chi connectivity index (χ4v) is 2.22. The summed E-state index contributed by atoms with van der Waals surface area (Å²) in [7, 11) is 0. The summed E-state index contributed by atoms with van der Waals surface area (Å²) in [6.07, 6.45) is 4.40. The maximum atomic E-state index is 12.9. The molecule has 1 aromatic carbocycles. The lowest BCUT2D eigenvalue weighted by atomic mass is 10.1. The van der Waals surface area contributed by atoms with Crippen molar-refractivity contribution >= 4 is 17.6 Å². The highest BCUT2D eigenvalue weighted by molar-refractivity contribution is 5.96. The first kappa shape index (κ1) is 18.4. The molecule has 2 aromatic rings. The van der Waals surface area contributed by atoms with E-state index in [0.29, 0.717) is 12.1 Å². The molecule has 3 amide bonds. The number of hydrogen-bond donors (Lipinski definition) is 3. The number of nitrogens with one attached hydrogen (secondary N) is 3. The average molecular weight is 344 g/mol. The maximum absolute atomic E-state index is 12.9.